The molecule has 0 bridgehead atoms. The van der Waals surface area contributed by atoms with E-state index < -0.39 is 0 Å². The summed E-state index contributed by atoms with van der Waals surface area (Å²) in [4.78, 5) is 0. The molecule has 0 heterocycles. The van der Waals surface area contributed by atoms with Crippen molar-refractivity contribution in [1.29, 1.82) is 0 Å². The standard InChI is InChI=1S/C9H21NO4/c1-11-3-4-13-5-6-14-8-9(10)7-12-2/h9H,3-8,10H2,1-2H3. The molecule has 86 valence electrons. The van der Waals surface area contributed by atoms with E-state index in [-0.39, 0.29) is 6.04 Å². The van der Waals surface area contributed by atoms with Crippen LogP contribution in [0.3, 0.4) is 0 Å². The molecular formula is C9H21NO4. The van der Waals surface area contributed by atoms with E-state index in [2.05, 4.69) is 0 Å². The molecule has 14 heavy (non-hydrogen) atoms. The van der Waals surface area contributed by atoms with Gasteiger partial charge in [0.25, 0.3) is 0 Å². The van der Waals surface area contributed by atoms with Gasteiger partial charge in [0.2, 0.25) is 0 Å². The molecule has 0 aromatic carbocycles. The second-order valence-electron chi connectivity index (χ2n) is 2.90. The predicted molar refractivity (Wildman–Crippen MR) is 53.4 cm³/mol. The second kappa shape index (κ2) is 10.9. The normalized spacial score (nSPS) is 13.1. The van der Waals surface area contributed by atoms with Gasteiger partial charge in [0.05, 0.1) is 45.7 Å². The maximum absolute atomic E-state index is 5.64. The Bertz CT molecular complexity index is 113. The Morgan fingerprint density at radius 1 is 0.857 bits per heavy atom. The first kappa shape index (κ1) is 13.8. The Hall–Kier alpha value is -0.200. The summed E-state index contributed by atoms with van der Waals surface area (Å²) in [6.45, 7) is 3.36. The van der Waals surface area contributed by atoms with E-state index >= 15 is 0 Å². The van der Waals surface area contributed by atoms with Crippen LogP contribution in [0.15, 0.2) is 0 Å². The molecule has 0 aromatic rings. The van der Waals surface area contributed by atoms with Crippen molar-refractivity contribution in [2.75, 3.05) is 53.9 Å². The van der Waals surface area contributed by atoms with Crippen molar-refractivity contribution < 1.29 is 18.9 Å². The maximum Gasteiger partial charge on any atom is 0.0701 e. The van der Waals surface area contributed by atoms with Crippen LogP contribution in [-0.4, -0.2) is 59.9 Å². The van der Waals surface area contributed by atoms with Gasteiger partial charge in [-0.3, -0.25) is 0 Å². The zero-order valence-electron chi connectivity index (χ0n) is 9.03. The summed E-state index contributed by atoms with van der Waals surface area (Å²) in [6.07, 6.45) is 0. The van der Waals surface area contributed by atoms with Crippen molar-refractivity contribution in [1.82, 2.24) is 0 Å². The van der Waals surface area contributed by atoms with E-state index in [9.17, 15) is 0 Å². The minimum Gasteiger partial charge on any atom is -0.383 e. The topological polar surface area (TPSA) is 62.9 Å². The van der Waals surface area contributed by atoms with Crippen LogP contribution < -0.4 is 5.73 Å². The number of hydrogen-bond acceptors (Lipinski definition) is 5. The number of hydrogen-bond donors (Lipinski definition) is 1. The van der Waals surface area contributed by atoms with Gasteiger partial charge in [-0.1, -0.05) is 0 Å². The van der Waals surface area contributed by atoms with E-state index in [1.54, 1.807) is 14.2 Å². The third-order valence-corrected chi connectivity index (χ3v) is 1.52. The Balaban J connectivity index is 2.98. The molecule has 0 aliphatic heterocycles. The van der Waals surface area contributed by atoms with Gasteiger partial charge in [0.1, 0.15) is 0 Å². The first-order valence-electron chi connectivity index (χ1n) is 4.70. The van der Waals surface area contributed by atoms with Crippen LogP contribution in [-0.2, 0) is 18.9 Å². The molecule has 1 unspecified atom stereocenters. The van der Waals surface area contributed by atoms with Gasteiger partial charge in [-0.25, -0.2) is 0 Å². The van der Waals surface area contributed by atoms with Crippen molar-refractivity contribution in [2.24, 2.45) is 5.73 Å². The lowest BCUT2D eigenvalue weighted by molar-refractivity contribution is 0.0162. The number of methoxy groups -OCH3 is 2. The highest BCUT2D eigenvalue weighted by atomic mass is 16.5. The number of nitrogens with two attached hydrogens (primary N) is 1. The van der Waals surface area contributed by atoms with Gasteiger partial charge < -0.3 is 24.7 Å². The van der Waals surface area contributed by atoms with E-state index in [0.29, 0.717) is 39.6 Å². The van der Waals surface area contributed by atoms with Crippen molar-refractivity contribution in [3.8, 4) is 0 Å². The van der Waals surface area contributed by atoms with Crippen LogP contribution in [0.25, 0.3) is 0 Å². The lowest BCUT2D eigenvalue weighted by Gasteiger charge is -2.10. The second-order valence-corrected chi connectivity index (χ2v) is 2.90. The fraction of sp³-hybridized carbons (Fsp3) is 1.00. The Morgan fingerprint density at radius 2 is 1.50 bits per heavy atom. The Labute approximate surface area is 85.5 Å². The molecule has 0 saturated carbocycles. The average molecular weight is 207 g/mol. The highest BCUT2D eigenvalue weighted by molar-refractivity contribution is 4.56. The third-order valence-electron chi connectivity index (χ3n) is 1.52. The molecular weight excluding hydrogens is 186 g/mol. The predicted octanol–water partition coefficient (Wildman–Crippen LogP) is -0.360. The highest BCUT2D eigenvalue weighted by Gasteiger charge is 2.00. The zero-order valence-corrected chi connectivity index (χ0v) is 9.03. The number of ether oxygens (including phenoxy) is 4. The molecule has 1 atom stereocenters. The first-order valence-corrected chi connectivity index (χ1v) is 4.70. The lowest BCUT2D eigenvalue weighted by atomic mass is 10.4. The van der Waals surface area contributed by atoms with Crippen LogP contribution in [0.1, 0.15) is 0 Å². The van der Waals surface area contributed by atoms with E-state index in [0.717, 1.165) is 0 Å². The summed E-state index contributed by atoms with van der Waals surface area (Å²) in [5.41, 5.74) is 5.64. The molecule has 0 aliphatic rings. The van der Waals surface area contributed by atoms with Crippen LogP contribution in [0, 0.1) is 0 Å². The van der Waals surface area contributed by atoms with Gasteiger partial charge >= 0.3 is 0 Å². The molecule has 0 saturated heterocycles. The molecule has 0 spiro atoms. The SMILES string of the molecule is COCCOCCOCC(N)COC. The zero-order chi connectivity index (χ0) is 10.6. The molecule has 0 radical (unpaired) electrons. The molecule has 0 rings (SSSR count). The van der Waals surface area contributed by atoms with Crippen LogP contribution in [0.2, 0.25) is 0 Å². The largest absolute Gasteiger partial charge is 0.383 e. The summed E-state index contributed by atoms with van der Waals surface area (Å²) in [5, 5.41) is 0. The van der Waals surface area contributed by atoms with Crippen molar-refractivity contribution >= 4 is 0 Å². The van der Waals surface area contributed by atoms with E-state index in [1.165, 1.54) is 0 Å². The minimum absolute atomic E-state index is 0.0565. The van der Waals surface area contributed by atoms with E-state index in [4.69, 9.17) is 24.7 Å². The van der Waals surface area contributed by atoms with E-state index in [1.807, 2.05) is 0 Å². The van der Waals surface area contributed by atoms with Crippen LogP contribution in [0.5, 0.6) is 0 Å². The summed E-state index contributed by atoms with van der Waals surface area (Å²) >= 11 is 0. The maximum atomic E-state index is 5.64. The third kappa shape index (κ3) is 9.88. The number of rotatable bonds is 10. The monoisotopic (exact) mass is 207 g/mol. The fourth-order valence-electron chi connectivity index (χ4n) is 0.859. The summed E-state index contributed by atoms with van der Waals surface area (Å²) in [6, 6.07) is -0.0565. The summed E-state index contributed by atoms with van der Waals surface area (Å²) in [5.74, 6) is 0. The van der Waals surface area contributed by atoms with Gasteiger partial charge in [-0.05, 0) is 0 Å². The quantitative estimate of drug-likeness (QED) is 0.496. The molecule has 0 fully saturated rings. The Morgan fingerprint density at radius 3 is 2.14 bits per heavy atom. The van der Waals surface area contributed by atoms with Crippen LogP contribution >= 0.6 is 0 Å². The molecule has 0 amide bonds. The van der Waals surface area contributed by atoms with Crippen molar-refractivity contribution in [3.63, 3.8) is 0 Å². The summed E-state index contributed by atoms with van der Waals surface area (Å²) in [7, 11) is 3.26. The summed E-state index contributed by atoms with van der Waals surface area (Å²) < 4.78 is 20.1. The molecule has 0 aliphatic carbocycles. The molecule has 5 nitrogen and oxygen atoms in total. The molecule has 0 aromatic heterocycles. The molecule has 5 heteroatoms. The van der Waals surface area contributed by atoms with Crippen molar-refractivity contribution in [2.45, 2.75) is 6.04 Å². The highest BCUT2D eigenvalue weighted by Crippen LogP contribution is 1.84. The van der Waals surface area contributed by atoms with Gasteiger partial charge in [-0.15, -0.1) is 0 Å². The minimum atomic E-state index is -0.0565. The van der Waals surface area contributed by atoms with Gasteiger partial charge in [0.15, 0.2) is 0 Å². The first-order chi connectivity index (χ1) is 6.81. The van der Waals surface area contributed by atoms with Crippen molar-refractivity contribution in [3.05, 3.63) is 0 Å². The van der Waals surface area contributed by atoms with Gasteiger partial charge in [0, 0.05) is 14.2 Å². The lowest BCUT2D eigenvalue weighted by Crippen LogP contribution is -2.31. The smallest absolute Gasteiger partial charge is 0.0701 e. The fourth-order valence-corrected chi connectivity index (χ4v) is 0.859. The Kier molecular flexibility index (Phi) is 10.7. The molecule has 2 N–H and O–H groups in total. The average Bonchev–Trinajstić information content (AvgIpc) is 2.17. The van der Waals surface area contributed by atoms with Gasteiger partial charge in [-0.2, -0.15) is 0 Å². The van der Waals surface area contributed by atoms with Crippen LogP contribution in [0.4, 0.5) is 0 Å².